The van der Waals surface area contributed by atoms with E-state index >= 15 is 0 Å². The Bertz CT molecular complexity index is 191. The van der Waals surface area contributed by atoms with E-state index in [9.17, 15) is 4.79 Å². The Hall–Kier alpha value is -0.610. The molecular formula is C10H22N2O2. The standard InChI is InChI=1S/C10H22N2O2/c1-7(6-10(3,4)14-5)12-9(13)8(2)11/h7-8H,6,11H2,1-5H3,(H,12,13)/t7?,8-/m0/s1. The molecule has 0 aliphatic carbocycles. The molecule has 3 N–H and O–H groups in total. The smallest absolute Gasteiger partial charge is 0.236 e. The Kier molecular flexibility index (Phi) is 5.08. The van der Waals surface area contributed by atoms with E-state index in [2.05, 4.69) is 5.32 Å². The molecule has 0 aliphatic rings. The Morgan fingerprint density at radius 3 is 2.36 bits per heavy atom. The lowest BCUT2D eigenvalue weighted by Gasteiger charge is -2.27. The van der Waals surface area contributed by atoms with E-state index in [1.54, 1.807) is 14.0 Å². The van der Waals surface area contributed by atoms with E-state index in [4.69, 9.17) is 10.5 Å². The Morgan fingerprint density at radius 2 is 2.00 bits per heavy atom. The molecule has 4 heteroatoms. The second-order valence-corrected chi connectivity index (χ2v) is 4.37. The van der Waals surface area contributed by atoms with Crippen LogP contribution in [0.2, 0.25) is 0 Å². The molecule has 0 spiro atoms. The molecule has 0 saturated heterocycles. The van der Waals surface area contributed by atoms with Crippen LogP contribution in [0.25, 0.3) is 0 Å². The molecule has 0 rings (SSSR count). The van der Waals surface area contributed by atoms with Crippen molar-refractivity contribution in [1.29, 1.82) is 0 Å². The SMILES string of the molecule is COC(C)(C)CC(C)NC(=O)[C@H](C)N. The summed E-state index contributed by atoms with van der Waals surface area (Å²) in [7, 11) is 1.67. The number of nitrogens with two attached hydrogens (primary N) is 1. The summed E-state index contributed by atoms with van der Waals surface area (Å²) in [6.07, 6.45) is 0.766. The fourth-order valence-corrected chi connectivity index (χ4v) is 1.25. The van der Waals surface area contributed by atoms with Gasteiger partial charge in [0.05, 0.1) is 11.6 Å². The minimum Gasteiger partial charge on any atom is -0.379 e. The number of carbonyl (C=O) groups excluding carboxylic acids is 1. The van der Waals surface area contributed by atoms with Gasteiger partial charge in [0.2, 0.25) is 5.91 Å². The predicted octanol–water partition coefficient (Wildman–Crippen LogP) is 0.653. The summed E-state index contributed by atoms with van der Waals surface area (Å²) in [5, 5.41) is 2.83. The summed E-state index contributed by atoms with van der Waals surface area (Å²) in [6, 6.07) is -0.383. The van der Waals surface area contributed by atoms with Crippen LogP contribution in [0.5, 0.6) is 0 Å². The molecule has 0 bridgehead atoms. The van der Waals surface area contributed by atoms with Crippen LogP contribution in [0.3, 0.4) is 0 Å². The Morgan fingerprint density at radius 1 is 1.50 bits per heavy atom. The second kappa shape index (κ2) is 5.32. The van der Waals surface area contributed by atoms with Crippen LogP contribution < -0.4 is 11.1 Å². The highest BCUT2D eigenvalue weighted by Crippen LogP contribution is 2.15. The van der Waals surface area contributed by atoms with E-state index in [-0.39, 0.29) is 17.6 Å². The van der Waals surface area contributed by atoms with Crippen LogP contribution in [0, 0.1) is 0 Å². The molecule has 1 unspecified atom stereocenters. The van der Waals surface area contributed by atoms with Crippen molar-refractivity contribution in [2.45, 2.75) is 51.8 Å². The third kappa shape index (κ3) is 5.19. The van der Waals surface area contributed by atoms with Crippen LogP contribution in [-0.2, 0) is 9.53 Å². The van der Waals surface area contributed by atoms with Crippen molar-refractivity contribution in [3.8, 4) is 0 Å². The summed E-state index contributed by atoms with van der Waals surface area (Å²) in [4.78, 5) is 11.3. The van der Waals surface area contributed by atoms with Gasteiger partial charge in [-0.25, -0.2) is 0 Å². The van der Waals surface area contributed by atoms with Gasteiger partial charge in [-0.05, 0) is 34.1 Å². The highest BCUT2D eigenvalue weighted by atomic mass is 16.5. The third-order valence-corrected chi connectivity index (χ3v) is 2.15. The highest BCUT2D eigenvalue weighted by molar-refractivity contribution is 5.81. The minimum absolute atomic E-state index is 0.0726. The number of methoxy groups -OCH3 is 1. The lowest BCUT2D eigenvalue weighted by atomic mass is 10.00. The number of ether oxygens (including phenoxy) is 1. The first-order chi connectivity index (χ1) is 6.28. The van der Waals surface area contributed by atoms with Crippen molar-refractivity contribution in [3.63, 3.8) is 0 Å². The van der Waals surface area contributed by atoms with Gasteiger partial charge < -0.3 is 15.8 Å². The van der Waals surface area contributed by atoms with Crippen LogP contribution in [0.15, 0.2) is 0 Å². The van der Waals surface area contributed by atoms with Gasteiger partial charge in [0.1, 0.15) is 0 Å². The maximum atomic E-state index is 11.3. The van der Waals surface area contributed by atoms with Gasteiger partial charge in [-0.3, -0.25) is 4.79 Å². The zero-order valence-electron chi connectivity index (χ0n) is 9.76. The number of hydrogen-bond acceptors (Lipinski definition) is 3. The Labute approximate surface area is 86.2 Å². The second-order valence-electron chi connectivity index (χ2n) is 4.37. The minimum atomic E-state index is -0.455. The van der Waals surface area contributed by atoms with Gasteiger partial charge in [-0.1, -0.05) is 0 Å². The first-order valence-electron chi connectivity index (χ1n) is 4.89. The molecule has 0 saturated carbocycles. The summed E-state index contributed by atoms with van der Waals surface area (Å²) in [6.45, 7) is 7.59. The van der Waals surface area contributed by atoms with Gasteiger partial charge in [0.25, 0.3) is 0 Å². The molecule has 0 aromatic carbocycles. The molecule has 4 nitrogen and oxygen atoms in total. The molecule has 0 aromatic rings. The summed E-state index contributed by atoms with van der Waals surface area (Å²) >= 11 is 0. The number of nitrogens with one attached hydrogen (secondary N) is 1. The average Bonchev–Trinajstić information content (AvgIpc) is 2.02. The summed E-state index contributed by atoms with van der Waals surface area (Å²) in [5.74, 6) is -0.121. The summed E-state index contributed by atoms with van der Waals surface area (Å²) < 4.78 is 5.27. The van der Waals surface area contributed by atoms with Gasteiger partial charge in [0, 0.05) is 13.2 Å². The van der Waals surface area contributed by atoms with Crippen molar-refractivity contribution in [2.24, 2.45) is 5.73 Å². The zero-order chi connectivity index (χ0) is 11.4. The van der Waals surface area contributed by atoms with Crippen molar-refractivity contribution < 1.29 is 9.53 Å². The van der Waals surface area contributed by atoms with Crippen molar-refractivity contribution in [1.82, 2.24) is 5.32 Å². The zero-order valence-corrected chi connectivity index (χ0v) is 9.76. The predicted molar refractivity (Wildman–Crippen MR) is 57.0 cm³/mol. The summed E-state index contributed by atoms with van der Waals surface area (Å²) in [5.41, 5.74) is 5.22. The van der Waals surface area contributed by atoms with Crippen molar-refractivity contribution in [2.75, 3.05) is 7.11 Å². The maximum Gasteiger partial charge on any atom is 0.236 e. The molecule has 0 fully saturated rings. The first-order valence-corrected chi connectivity index (χ1v) is 4.89. The van der Waals surface area contributed by atoms with E-state index in [0.717, 1.165) is 6.42 Å². The molecule has 0 aromatic heterocycles. The highest BCUT2D eigenvalue weighted by Gasteiger charge is 2.21. The molecule has 0 aliphatic heterocycles. The van der Waals surface area contributed by atoms with Gasteiger partial charge >= 0.3 is 0 Å². The number of rotatable bonds is 5. The van der Waals surface area contributed by atoms with Crippen molar-refractivity contribution >= 4 is 5.91 Å². The van der Waals surface area contributed by atoms with E-state index < -0.39 is 6.04 Å². The van der Waals surface area contributed by atoms with Crippen LogP contribution in [0.1, 0.15) is 34.1 Å². The van der Waals surface area contributed by atoms with Crippen LogP contribution >= 0.6 is 0 Å². The largest absolute Gasteiger partial charge is 0.379 e. The third-order valence-electron chi connectivity index (χ3n) is 2.15. The van der Waals surface area contributed by atoms with Crippen molar-refractivity contribution in [3.05, 3.63) is 0 Å². The number of hydrogen-bond donors (Lipinski definition) is 2. The van der Waals surface area contributed by atoms with E-state index in [1.165, 1.54) is 0 Å². The molecule has 84 valence electrons. The van der Waals surface area contributed by atoms with Crippen LogP contribution in [0.4, 0.5) is 0 Å². The fourth-order valence-electron chi connectivity index (χ4n) is 1.25. The lowest BCUT2D eigenvalue weighted by Crippen LogP contribution is -2.45. The molecular weight excluding hydrogens is 180 g/mol. The average molecular weight is 202 g/mol. The molecule has 14 heavy (non-hydrogen) atoms. The molecule has 1 amide bonds. The van der Waals surface area contributed by atoms with Gasteiger partial charge in [-0.2, -0.15) is 0 Å². The molecule has 0 heterocycles. The van der Waals surface area contributed by atoms with E-state index in [0.29, 0.717) is 0 Å². The number of amides is 1. The lowest BCUT2D eigenvalue weighted by molar-refractivity contribution is -0.123. The quantitative estimate of drug-likeness (QED) is 0.688. The normalized spacial score (nSPS) is 16.1. The topological polar surface area (TPSA) is 64.3 Å². The Balaban J connectivity index is 3.98. The van der Waals surface area contributed by atoms with Gasteiger partial charge in [0.15, 0.2) is 0 Å². The maximum absolute atomic E-state index is 11.3. The fraction of sp³-hybridized carbons (Fsp3) is 0.900. The molecule has 0 radical (unpaired) electrons. The first kappa shape index (κ1) is 13.4. The number of carbonyl (C=O) groups is 1. The van der Waals surface area contributed by atoms with E-state index in [1.807, 2.05) is 20.8 Å². The van der Waals surface area contributed by atoms with Crippen LogP contribution in [-0.4, -0.2) is 30.7 Å². The molecule has 2 atom stereocenters. The monoisotopic (exact) mass is 202 g/mol. The van der Waals surface area contributed by atoms with Gasteiger partial charge in [-0.15, -0.1) is 0 Å².